The predicted molar refractivity (Wildman–Crippen MR) is 45.6 cm³/mol. The molecule has 1 aliphatic rings. The largest absolute Gasteiger partial charge is 0.471 e. The van der Waals surface area contributed by atoms with E-state index >= 15 is 0 Å². The first-order valence-corrected chi connectivity index (χ1v) is 4.79. The summed E-state index contributed by atoms with van der Waals surface area (Å²) in [5, 5.41) is 2.04. The first-order chi connectivity index (χ1) is 6.41. The molecule has 0 aromatic rings. The maximum atomic E-state index is 11.9. The van der Waals surface area contributed by atoms with E-state index in [1.807, 2.05) is 12.2 Å². The molecule has 2 nitrogen and oxygen atoms in total. The van der Waals surface area contributed by atoms with Crippen LogP contribution in [0.5, 0.6) is 0 Å². The first-order valence-electron chi connectivity index (χ1n) is 4.79. The Kier molecular flexibility index (Phi) is 3.39. The average molecular weight is 209 g/mol. The summed E-state index contributed by atoms with van der Waals surface area (Å²) in [5.74, 6) is -1.66. The summed E-state index contributed by atoms with van der Waals surface area (Å²) >= 11 is 0. The highest BCUT2D eigenvalue weighted by Gasteiger charge is 2.40. The Bertz CT molecular complexity index is 215. The molecule has 82 valence electrons. The molecule has 1 amide bonds. The number of amides is 1. The highest BCUT2D eigenvalue weighted by Crippen LogP contribution is 2.25. The molecular weight excluding hydrogens is 195 g/mol. The molecule has 1 fully saturated rings. The monoisotopic (exact) mass is 209 g/mol. The zero-order valence-electron chi connectivity index (χ0n) is 8.03. The number of hydrogen-bond donors (Lipinski definition) is 1. The van der Waals surface area contributed by atoms with E-state index in [4.69, 9.17) is 0 Å². The van der Waals surface area contributed by atoms with E-state index in [0.29, 0.717) is 6.42 Å². The second kappa shape index (κ2) is 4.19. The van der Waals surface area contributed by atoms with Crippen molar-refractivity contribution in [1.29, 1.82) is 0 Å². The first kappa shape index (κ1) is 11.3. The molecule has 0 bridgehead atoms. The number of alkyl halides is 3. The smallest absolute Gasteiger partial charge is 0.345 e. The van der Waals surface area contributed by atoms with E-state index in [9.17, 15) is 18.0 Å². The highest BCUT2D eigenvalue weighted by atomic mass is 19.4. The van der Waals surface area contributed by atoms with Crippen LogP contribution >= 0.6 is 0 Å². The molecule has 0 aromatic heterocycles. The fourth-order valence-electron chi connectivity index (χ4n) is 1.78. The molecule has 14 heavy (non-hydrogen) atoms. The van der Waals surface area contributed by atoms with Gasteiger partial charge < -0.3 is 5.32 Å². The van der Waals surface area contributed by atoms with E-state index in [0.717, 1.165) is 19.3 Å². The van der Waals surface area contributed by atoms with Crippen LogP contribution in [0.2, 0.25) is 0 Å². The van der Waals surface area contributed by atoms with Gasteiger partial charge in [-0.05, 0) is 18.8 Å². The molecule has 1 aliphatic carbocycles. The van der Waals surface area contributed by atoms with Gasteiger partial charge in [0.25, 0.3) is 0 Å². The number of carbonyl (C=O) groups is 1. The van der Waals surface area contributed by atoms with Crippen molar-refractivity contribution in [2.45, 2.75) is 44.8 Å². The summed E-state index contributed by atoms with van der Waals surface area (Å²) in [6.07, 6.45) is -1.27. The van der Waals surface area contributed by atoms with Crippen molar-refractivity contribution in [3.63, 3.8) is 0 Å². The fourth-order valence-corrected chi connectivity index (χ4v) is 1.78. The van der Waals surface area contributed by atoms with Crippen molar-refractivity contribution in [3.05, 3.63) is 0 Å². The normalized spacial score (nSPS) is 28.6. The van der Waals surface area contributed by atoms with Crippen LogP contribution in [-0.4, -0.2) is 18.1 Å². The summed E-state index contributed by atoms with van der Waals surface area (Å²) in [7, 11) is 0. The second-order valence-electron chi connectivity index (χ2n) is 3.84. The third kappa shape index (κ3) is 2.89. The molecule has 1 rings (SSSR count). The molecule has 1 saturated carbocycles. The Hall–Kier alpha value is -0.740. The van der Waals surface area contributed by atoms with Gasteiger partial charge in [-0.25, -0.2) is 0 Å². The standard InChI is InChI=1S/C9H14F3NO/c1-6-4-2-3-5-7(6)13-8(14)9(10,11)12/h6-7H,2-5H2,1H3,(H,13,14). The zero-order valence-corrected chi connectivity index (χ0v) is 8.03. The van der Waals surface area contributed by atoms with Gasteiger partial charge in [0.15, 0.2) is 0 Å². The summed E-state index contributed by atoms with van der Waals surface area (Å²) in [4.78, 5) is 10.6. The average Bonchev–Trinajstić information content (AvgIpc) is 2.07. The quantitative estimate of drug-likeness (QED) is 0.705. The van der Waals surface area contributed by atoms with Gasteiger partial charge in [0.05, 0.1) is 0 Å². The van der Waals surface area contributed by atoms with Crippen molar-refractivity contribution < 1.29 is 18.0 Å². The molecule has 0 saturated heterocycles. The van der Waals surface area contributed by atoms with Crippen molar-refractivity contribution in [2.24, 2.45) is 5.92 Å². The van der Waals surface area contributed by atoms with Crippen LogP contribution in [0.3, 0.4) is 0 Å². The van der Waals surface area contributed by atoms with Crippen LogP contribution in [0.1, 0.15) is 32.6 Å². The Balaban J connectivity index is 2.46. The predicted octanol–water partition coefficient (Wildman–Crippen LogP) is 2.24. The van der Waals surface area contributed by atoms with Crippen LogP contribution in [-0.2, 0) is 4.79 Å². The van der Waals surface area contributed by atoms with Crippen LogP contribution in [0, 0.1) is 5.92 Å². The SMILES string of the molecule is CC1CCCCC1NC(=O)C(F)(F)F. The molecule has 0 spiro atoms. The molecule has 0 aromatic carbocycles. The summed E-state index contributed by atoms with van der Waals surface area (Å²) in [6, 6.07) is -0.308. The Morgan fingerprint density at radius 1 is 1.29 bits per heavy atom. The molecule has 2 atom stereocenters. The molecule has 0 heterocycles. The summed E-state index contributed by atoms with van der Waals surface area (Å²) in [6.45, 7) is 1.88. The zero-order chi connectivity index (χ0) is 10.8. The third-order valence-electron chi connectivity index (χ3n) is 2.69. The molecule has 0 radical (unpaired) electrons. The molecule has 5 heteroatoms. The van der Waals surface area contributed by atoms with Crippen LogP contribution in [0.15, 0.2) is 0 Å². The van der Waals surface area contributed by atoms with Crippen molar-refractivity contribution in [2.75, 3.05) is 0 Å². The minimum absolute atomic E-state index is 0.148. The van der Waals surface area contributed by atoms with Crippen molar-refractivity contribution in [3.8, 4) is 0 Å². The van der Waals surface area contributed by atoms with E-state index < -0.39 is 12.1 Å². The van der Waals surface area contributed by atoms with Gasteiger partial charge in [-0.15, -0.1) is 0 Å². The van der Waals surface area contributed by atoms with Crippen molar-refractivity contribution in [1.82, 2.24) is 5.32 Å². The lowest BCUT2D eigenvalue weighted by molar-refractivity contribution is -0.174. The van der Waals surface area contributed by atoms with Crippen LogP contribution in [0.4, 0.5) is 13.2 Å². The lowest BCUT2D eigenvalue weighted by Gasteiger charge is -2.29. The van der Waals surface area contributed by atoms with Gasteiger partial charge in [-0.1, -0.05) is 19.8 Å². The second-order valence-corrected chi connectivity index (χ2v) is 3.84. The minimum atomic E-state index is -4.75. The number of hydrogen-bond acceptors (Lipinski definition) is 1. The molecular formula is C9H14F3NO. The number of rotatable bonds is 1. The van der Waals surface area contributed by atoms with E-state index in [1.165, 1.54) is 0 Å². The number of nitrogens with one attached hydrogen (secondary N) is 1. The number of halogens is 3. The van der Waals surface area contributed by atoms with E-state index in [-0.39, 0.29) is 12.0 Å². The van der Waals surface area contributed by atoms with Crippen molar-refractivity contribution >= 4 is 5.91 Å². The maximum absolute atomic E-state index is 11.9. The van der Waals surface area contributed by atoms with Gasteiger partial charge in [0.2, 0.25) is 0 Å². The van der Waals surface area contributed by atoms with Gasteiger partial charge in [0, 0.05) is 6.04 Å². The van der Waals surface area contributed by atoms with Gasteiger partial charge in [0.1, 0.15) is 0 Å². The highest BCUT2D eigenvalue weighted by molar-refractivity contribution is 5.81. The van der Waals surface area contributed by atoms with Crippen LogP contribution in [0.25, 0.3) is 0 Å². The Morgan fingerprint density at radius 2 is 1.86 bits per heavy atom. The molecule has 1 N–H and O–H groups in total. The number of carbonyl (C=O) groups excluding carboxylic acids is 1. The lowest BCUT2D eigenvalue weighted by Crippen LogP contribution is -2.46. The molecule has 0 aliphatic heterocycles. The molecule has 2 unspecified atom stereocenters. The van der Waals surface area contributed by atoms with E-state index in [1.54, 1.807) is 0 Å². The minimum Gasteiger partial charge on any atom is -0.345 e. The topological polar surface area (TPSA) is 29.1 Å². The van der Waals surface area contributed by atoms with Gasteiger partial charge >= 0.3 is 12.1 Å². The Morgan fingerprint density at radius 3 is 2.36 bits per heavy atom. The van der Waals surface area contributed by atoms with Gasteiger partial charge in [-0.3, -0.25) is 4.79 Å². The third-order valence-corrected chi connectivity index (χ3v) is 2.69. The maximum Gasteiger partial charge on any atom is 0.471 e. The fraction of sp³-hybridized carbons (Fsp3) is 0.889. The summed E-state index contributed by atoms with van der Waals surface area (Å²) in [5.41, 5.74) is 0. The van der Waals surface area contributed by atoms with Gasteiger partial charge in [-0.2, -0.15) is 13.2 Å². The van der Waals surface area contributed by atoms with Crippen LogP contribution < -0.4 is 5.32 Å². The summed E-state index contributed by atoms with van der Waals surface area (Å²) < 4.78 is 35.8. The lowest BCUT2D eigenvalue weighted by atomic mass is 9.86. The Labute approximate surface area is 80.9 Å². The van der Waals surface area contributed by atoms with E-state index in [2.05, 4.69) is 0 Å².